The van der Waals surface area contributed by atoms with E-state index in [1.165, 1.54) is 22.2 Å². The van der Waals surface area contributed by atoms with Crippen molar-refractivity contribution in [3.05, 3.63) is 35.5 Å². The molecule has 3 rings (SSSR count). The molecular formula is C12H14N2. The van der Waals surface area contributed by atoms with Crippen LogP contribution in [0.5, 0.6) is 0 Å². The average Bonchev–Trinajstić information content (AvgIpc) is 2.56. The highest BCUT2D eigenvalue weighted by atomic mass is 14.7. The molecular weight excluding hydrogens is 172 g/mol. The summed E-state index contributed by atoms with van der Waals surface area (Å²) in [4.78, 5) is 3.48. The van der Waals surface area contributed by atoms with Crippen molar-refractivity contribution in [2.75, 3.05) is 0 Å². The van der Waals surface area contributed by atoms with Gasteiger partial charge in [-0.3, -0.25) is 0 Å². The van der Waals surface area contributed by atoms with Gasteiger partial charge >= 0.3 is 0 Å². The number of hydrogen-bond donors (Lipinski definition) is 2. The first-order chi connectivity index (χ1) is 6.84. The number of nitrogens with two attached hydrogens (primary N) is 1. The molecule has 1 heterocycles. The molecule has 0 amide bonds. The maximum absolute atomic E-state index is 5.99. The van der Waals surface area contributed by atoms with Crippen LogP contribution in [0.2, 0.25) is 0 Å². The van der Waals surface area contributed by atoms with Crippen LogP contribution < -0.4 is 5.73 Å². The molecule has 0 saturated carbocycles. The van der Waals surface area contributed by atoms with Crippen LogP contribution >= 0.6 is 0 Å². The van der Waals surface area contributed by atoms with Gasteiger partial charge in [0.25, 0.3) is 0 Å². The monoisotopic (exact) mass is 186 g/mol. The van der Waals surface area contributed by atoms with Gasteiger partial charge in [0.1, 0.15) is 0 Å². The Kier molecular flexibility index (Phi) is 1.64. The quantitative estimate of drug-likeness (QED) is 0.649. The Labute approximate surface area is 83.1 Å². The predicted molar refractivity (Wildman–Crippen MR) is 58.3 cm³/mol. The molecule has 1 aliphatic carbocycles. The molecule has 0 fully saturated rings. The van der Waals surface area contributed by atoms with Crippen LogP contribution in [-0.2, 0) is 12.8 Å². The van der Waals surface area contributed by atoms with E-state index in [0.717, 1.165) is 19.3 Å². The Bertz CT molecular complexity index is 470. The Hall–Kier alpha value is -1.28. The highest BCUT2D eigenvalue weighted by molar-refractivity contribution is 5.84. The molecule has 0 spiro atoms. The van der Waals surface area contributed by atoms with Gasteiger partial charge in [-0.1, -0.05) is 18.2 Å². The number of hydrogen-bond acceptors (Lipinski definition) is 1. The number of aromatic amines is 1. The highest BCUT2D eigenvalue weighted by Gasteiger charge is 2.19. The summed E-state index contributed by atoms with van der Waals surface area (Å²) in [6.07, 6.45) is 3.24. The van der Waals surface area contributed by atoms with Gasteiger partial charge in [0.2, 0.25) is 0 Å². The molecule has 2 heteroatoms. The smallest absolute Gasteiger partial charge is 0.0458 e. The van der Waals surface area contributed by atoms with Crippen molar-refractivity contribution < 1.29 is 0 Å². The van der Waals surface area contributed by atoms with Crippen LogP contribution in [0.4, 0.5) is 0 Å². The van der Waals surface area contributed by atoms with Crippen LogP contribution in [0.15, 0.2) is 24.3 Å². The molecule has 2 nitrogen and oxygen atoms in total. The third-order valence-electron chi connectivity index (χ3n) is 3.13. The first-order valence-corrected chi connectivity index (χ1v) is 5.18. The number of aryl methyl sites for hydroxylation is 1. The van der Waals surface area contributed by atoms with Crippen LogP contribution in [0.3, 0.4) is 0 Å². The zero-order chi connectivity index (χ0) is 9.54. The molecule has 1 aromatic heterocycles. The number of benzene rings is 1. The van der Waals surface area contributed by atoms with E-state index in [0.29, 0.717) is 6.04 Å². The zero-order valence-corrected chi connectivity index (χ0v) is 8.09. The van der Waals surface area contributed by atoms with E-state index < -0.39 is 0 Å². The maximum atomic E-state index is 5.99. The molecule has 3 N–H and O–H groups in total. The van der Waals surface area contributed by atoms with Crippen LogP contribution in [0, 0.1) is 0 Å². The summed E-state index contributed by atoms with van der Waals surface area (Å²) in [5, 5.41) is 1.36. The molecule has 0 radical (unpaired) electrons. The molecule has 2 aromatic rings. The molecule has 1 atom stereocenters. The fourth-order valence-electron chi connectivity index (χ4n) is 2.40. The van der Waals surface area contributed by atoms with Gasteiger partial charge in [-0.25, -0.2) is 0 Å². The van der Waals surface area contributed by atoms with E-state index in [1.807, 2.05) is 0 Å². The maximum Gasteiger partial charge on any atom is 0.0458 e. The van der Waals surface area contributed by atoms with Crippen LogP contribution in [0.25, 0.3) is 10.9 Å². The van der Waals surface area contributed by atoms with E-state index in [1.54, 1.807) is 0 Å². The van der Waals surface area contributed by atoms with E-state index in [9.17, 15) is 0 Å². The van der Waals surface area contributed by atoms with Crippen LogP contribution in [-0.4, -0.2) is 11.0 Å². The number of rotatable bonds is 0. The van der Waals surface area contributed by atoms with Gasteiger partial charge in [-0.05, 0) is 30.9 Å². The lowest BCUT2D eigenvalue weighted by Crippen LogP contribution is -2.27. The van der Waals surface area contributed by atoms with Crippen molar-refractivity contribution in [2.24, 2.45) is 5.73 Å². The average molecular weight is 186 g/mol. The minimum atomic E-state index is 0.349. The summed E-state index contributed by atoms with van der Waals surface area (Å²) in [6.45, 7) is 0. The Morgan fingerprint density at radius 2 is 2.14 bits per heavy atom. The number of fused-ring (bicyclic) bond motifs is 3. The summed E-state index contributed by atoms with van der Waals surface area (Å²) < 4.78 is 0. The van der Waals surface area contributed by atoms with E-state index in [-0.39, 0.29) is 0 Å². The highest BCUT2D eigenvalue weighted by Crippen LogP contribution is 2.28. The zero-order valence-electron chi connectivity index (χ0n) is 8.09. The van der Waals surface area contributed by atoms with Gasteiger partial charge < -0.3 is 10.7 Å². The summed E-state index contributed by atoms with van der Waals surface area (Å²) >= 11 is 0. The lowest BCUT2D eigenvalue weighted by molar-refractivity contribution is 0.574. The fourth-order valence-corrected chi connectivity index (χ4v) is 2.40. The Balaban J connectivity index is 2.25. The second-order valence-corrected chi connectivity index (χ2v) is 4.13. The molecule has 0 unspecified atom stereocenters. The van der Waals surface area contributed by atoms with Crippen molar-refractivity contribution >= 4 is 10.9 Å². The largest absolute Gasteiger partial charge is 0.358 e. The van der Waals surface area contributed by atoms with Gasteiger partial charge in [0.05, 0.1) is 0 Å². The topological polar surface area (TPSA) is 41.8 Å². The normalized spacial score (nSPS) is 21.1. The minimum absolute atomic E-state index is 0.349. The summed E-state index contributed by atoms with van der Waals surface area (Å²) in [5.74, 6) is 0. The molecule has 0 aliphatic heterocycles. The molecule has 1 aromatic carbocycles. The molecule has 1 aliphatic rings. The van der Waals surface area contributed by atoms with Gasteiger partial charge in [-0.15, -0.1) is 0 Å². The fraction of sp³-hybridized carbons (Fsp3) is 0.333. The predicted octanol–water partition coefficient (Wildman–Crippen LogP) is 1.98. The van der Waals surface area contributed by atoms with E-state index >= 15 is 0 Å². The van der Waals surface area contributed by atoms with Gasteiger partial charge in [-0.2, -0.15) is 0 Å². The third-order valence-corrected chi connectivity index (χ3v) is 3.13. The van der Waals surface area contributed by atoms with Crippen molar-refractivity contribution in [3.63, 3.8) is 0 Å². The number of para-hydroxylation sites is 1. The summed E-state index contributed by atoms with van der Waals surface area (Å²) in [6, 6.07) is 8.84. The molecule has 14 heavy (non-hydrogen) atoms. The van der Waals surface area contributed by atoms with Crippen molar-refractivity contribution in [2.45, 2.75) is 25.3 Å². The number of aromatic nitrogens is 1. The molecule has 0 bridgehead atoms. The lowest BCUT2D eigenvalue weighted by atomic mass is 9.92. The Morgan fingerprint density at radius 1 is 1.29 bits per heavy atom. The lowest BCUT2D eigenvalue weighted by Gasteiger charge is -2.17. The van der Waals surface area contributed by atoms with Crippen LogP contribution in [0.1, 0.15) is 17.7 Å². The van der Waals surface area contributed by atoms with Gasteiger partial charge in [0, 0.05) is 22.6 Å². The van der Waals surface area contributed by atoms with Crippen molar-refractivity contribution in [1.29, 1.82) is 0 Å². The van der Waals surface area contributed by atoms with Gasteiger partial charge in [0.15, 0.2) is 0 Å². The SMILES string of the molecule is N[C@H]1CCc2[nH]c3ccccc3c2C1. The van der Waals surface area contributed by atoms with Crippen molar-refractivity contribution in [3.8, 4) is 0 Å². The third kappa shape index (κ3) is 1.07. The molecule has 72 valence electrons. The first kappa shape index (κ1) is 8.06. The molecule has 0 saturated heterocycles. The number of H-pyrrole nitrogens is 1. The van der Waals surface area contributed by atoms with Crippen molar-refractivity contribution in [1.82, 2.24) is 4.98 Å². The Morgan fingerprint density at radius 3 is 3.07 bits per heavy atom. The minimum Gasteiger partial charge on any atom is -0.358 e. The first-order valence-electron chi connectivity index (χ1n) is 5.18. The summed E-state index contributed by atoms with van der Waals surface area (Å²) in [5.41, 5.74) is 10.1. The second-order valence-electron chi connectivity index (χ2n) is 4.13. The number of nitrogens with one attached hydrogen (secondary N) is 1. The standard InChI is InChI=1S/C12H14N2/c13-8-5-6-12-10(7-8)9-3-1-2-4-11(9)14-12/h1-4,8,14H,5-7,13H2/t8-/m0/s1. The van der Waals surface area contributed by atoms with E-state index in [2.05, 4.69) is 29.2 Å². The second kappa shape index (κ2) is 2.85. The summed E-state index contributed by atoms with van der Waals surface area (Å²) in [7, 11) is 0. The van der Waals surface area contributed by atoms with E-state index in [4.69, 9.17) is 5.73 Å².